The van der Waals surface area contributed by atoms with Gasteiger partial charge in [0.05, 0.1) is 16.4 Å². The zero-order valence-corrected chi connectivity index (χ0v) is 10.7. The highest BCUT2D eigenvalue weighted by Crippen LogP contribution is 2.23. The third kappa shape index (κ3) is 2.41. The minimum absolute atomic E-state index is 0.0624. The van der Waals surface area contributed by atoms with Crippen LogP contribution in [0.25, 0.3) is 0 Å². The topological polar surface area (TPSA) is 113 Å². The lowest BCUT2D eigenvalue weighted by Gasteiger charge is -2.01. The van der Waals surface area contributed by atoms with Crippen molar-refractivity contribution in [2.75, 3.05) is 11.1 Å². The fourth-order valence-electron chi connectivity index (χ4n) is 1.63. The van der Waals surface area contributed by atoms with Gasteiger partial charge in [-0.3, -0.25) is 4.79 Å². The Labute approximate surface area is 113 Å². The van der Waals surface area contributed by atoms with Gasteiger partial charge in [0.15, 0.2) is 0 Å². The lowest BCUT2D eigenvalue weighted by atomic mass is 10.3. The number of aromatic nitrogens is 2. The van der Waals surface area contributed by atoms with Crippen molar-refractivity contribution < 1.29 is 14.7 Å². The molecule has 2 heterocycles. The van der Waals surface area contributed by atoms with Gasteiger partial charge in [0.2, 0.25) is 0 Å². The molecular weight excluding hydrogens is 272 g/mol. The molecule has 0 aliphatic carbocycles. The number of carboxylic acid groups (broad SMARTS) is 1. The number of aryl methyl sites for hydroxylation is 1. The molecule has 0 saturated heterocycles. The highest BCUT2D eigenvalue weighted by Gasteiger charge is 2.17. The van der Waals surface area contributed by atoms with E-state index in [4.69, 9.17) is 22.4 Å². The quantitative estimate of drug-likeness (QED) is 0.684. The molecule has 0 spiro atoms. The first kappa shape index (κ1) is 13.0. The van der Waals surface area contributed by atoms with E-state index in [0.29, 0.717) is 5.69 Å². The average molecular weight is 283 g/mol. The van der Waals surface area contributed by atoms with Gasteiger partial charge in [-0.25, -0.2) is 4.79 Å². The number of nitrogens with one attached hydrogen (secondary N) is 2. The van der Waals surface area contributed by atoms with Crippen molar-refractivity contribution in [1.82, 2.24) is 9.55 Å². The SMILES string of the molecule is Cn1cc(NC(=O)c2[nH]cc(N)c2Cl)cc1C(=O)O. The number of nitrogens with zero attached hydrogens (tertiary/aromatic N) is 1. The number of anilines is 2. The van der Waals surface area contributed by atoms with E-state index in [-0.39, 0.29) is 22.1 Å². The summed E-state index contributed by atoms with van der Waals surface area (Å²) in [5.74, 6) is -1.57. The average Bonchev–Trinajstić information content (AvgIpc) is 2.84. The first-order valence-corrected chi connectivity index (χ1v) is 5.61. The molecule has 7 nitrogen and oxygen atoms in total. The van der Waals surface area contributed by atoms with Crippen LogP contribution in [0.15, 0.2) is 18.5 Å². The van der Waals surface area contributed by atoms with Gasteiger partial charge < -0.3 is 25.7 Å². The molecule has 5 N–H and O–H groups in total. The molecule has 1 amide bonds. The van der Waals surface area contributed by atoms with Gasteiger partial charge in [0, 0.05) is 19.4 Å². The second-order valence-corrected chi connectivity index (χ2v) is 4.30. The van der Waals surface area contributed by atoms with Crippen molar-refractivity contribution in [3.63, 3.8) is 0 Å². The molecular formula is C11H11ClN4O3. The van der Waals surface area contributed by atoms with E-state index < -0.39 is 11.9 Å². The minimum atomic E-state index is -1.08. The Morgan fingerprint density at radius 1 is 1.53 bits per heavy atom. The number of H-pyrrole nitrogens is 1. The van der Waals surface area contributed by atoms with Gasteiger partial charge in [-0.05, 0) is 6.07 Å². The van der Waals surface area contributed by atoms with E-state index >= 15 is 0 Å². The fourth-order valence-corrected chi connectivity index (χ4v) is 1.82. The van der Waals surface area contributed by atoms with Crippen molar-refractivity contribution in [3.05, 3.63) is 34.9 Å². The summed E-state index contributed by atoms with van der Waals surface area (Å²) in [6, 6.07) is 1.35. The van der Waals surface area contributed by atoms with Crippen molar-refractivity contribution in [1.29, 1.82) is 0 Å². The van der Waals surface area contributed by atoms with Crippen LogP contribution >= 0.6 is 11.6 Å². The van der Waals surface area contributed by atoms with Gasteiger partial charge in [-0.15, -0.1) is 0 Å². The normalized spacial score (nSPS) is 10.4. The van der Waals surface area contributed by atoms with Crippen LogP contribution in [0.5, 0.6) is 0 Å². The molecule has 2 aromatic heterocycles. The molecule has 0 unspecified atom stereocenters. The van der Waals surface area contributed by atoms with E-state index in [1.807, 2.05) is 0 Å². The summed E-state index contributed by atoms with van der Waals surface area (Å²) in [5, 5.41) is 11.6. The summed E-state index contributed by atoms with van der Waals surface area (Å²) < 4.78 is 1.39. The molecule has 0 bridgehead atoms. The van der Waals surface area contributed by atoms with E-state index in [1.54, 1.807) is 7.05 Å². The van der Waals surface area contributed by atoms with Gasteiger partial charge in [0.1, 0.15) is 11.4 Å². The summed E-state index contributed by atoms with van der Waals surface area (Å²) in [4.78, 5) is 25.4. The number of rotatable bonds is 3. The molecule has 0 radical (unpaired) electrons. The van der Waals surface area contributed by atoms with Crippen LogP contribution < -0.4 is 11.1 Å². The molecule has 0 saturated carbocycles. The molecule has 8 heteroatoms. The fraction of sp³-hybridized carbons (Fsp3) is 0.0909. The summed E-state index contributed by atoms with van der Waals surface area (Å²) in [6.45, 7) is 0. The number of aromatic amines is 1. The van der Waals surface area contributed by atoms with Crippen LogP contribution in [0.1, 0.15) is 21.0 Å². The second kappa shape index (κ2) is 4.69. The predicted octanol–water partition coefficient (Wildman–Crippen LogP) is 1.54. The lowest BCUT2D eigenvalue weighted by molar-refractivity contribution is 0.0686. The van der Waals surface area contributed by atoms with Crippen LogP contribution in [0.2, 0.25) is 5.02 Å². The molecule has 0 aliphatic heterocycles. The van der Waals surface area contributed by atoms with Crippen molar-refractivity contribution in [2.45, 2.75) is 0 Å². The number of halogens is 1. The Kier molecular flexibility index (Phi) is 3.22. The third-order valence-corrected chi connectivity index (χ3v) is 2.96. The number of hydrogen-bond donors (Lipinski definition) is 4. The van der Waals surface area contributed by atoms with E-state index in [2.05, 4.69) is 10.3 Å². The summed E-state index contributed by atoms with van der Waals surface area (Å²) in [7, 11) is 1.57. The largest absolute Gasteiger partial charge is 0.477 e. The predicted molar refractivity (Wildman–Crippen MR) is 70.5 cm³/mol. The first-order valence-electron chi connectivity index (χ1n) is 5.23. The number of amides is 1. The molecule has 0 atom stereocenters. The van der Waals surface area contributed by atoms with Gasteiger partial charge in [-0.1, -0.05) is 11.6 Å². The van der Waals surface area contributed by atoms with Crippen molar-refractivity contribution in [2.24, 2.45) is 7.05 Å². The van der Waals surface area contributed by atoms with Crippen molar-refractivity contribution >= 4 is 34.9 Å². The Bertz CT molecular complexity index is 659. The van der Waals surface area contributed by atoms with Gasteiger partial charge in [0.25, 0.3) is 5.91 Å². The number of nitrogen functional groups attached to an aromatic ring is 1. The lowest BCUT2D eigenvalue weighted by Crippen LogP contribution is -2.12. The van der Waals surface area contributed by atoms with Gasteiger partial charge >= 0.3 is 5.97 Å². The molecule has 19 heavy (non-hydrogen) atoms. The maximum Gasteiger partial charge on any atom is 0.352 e. The molecule has 0 aromatic carbocycles. The first-order chi connectivity index (χ1) is 8.90. The number of carboxylic acids is 1. The Hall–Kier alpha value is -2.41. The third-order valence-electron chi connectivity index (χ3n) is 2.55. The number of carbonyl (C=O) groups is 2. The van der Waals surface area contributed by atoms with Crippen LogP contribution in [0, 0.1) is 0 Å². The smallest absolute Gasteiger partial charge is 0.352 e. The number of carbonyl (C=O) groups excluding carboxylic acids is 1. The van der Waals surface area contributed by atoms with E-state index in [9.17, 15) is 9.59 Å². The zero-order valence-electron chi connectivity index (χ0n) is 9.90. The number of hydrogen-bond acceptors (Lipinski definition) is 3. The molecule has 0 fully saturated rings. The molecule has 2 rings (SSSR count). The Morgan fingerprint density at radius 2 is 2.21 bits per heavy atom. The highest BCUT2D eigenvalue weighted by molar-refractivity contribution is 6.36. The molecule has 0 aliphatic rings. The molecule has 100 valence electrons. The standard InChI is InChI=1S/C11H11ClN4O3/c1-16-4-5(2-7(16)11(18)19)15-10(17)9-8(12)6(13)3-14-9/h2-4,14H,13H2,1H3,(H,15,17)(H,18,19). The highest BCUT2D eigenvalue weighted by atomic mass is 35.5. The Morgan fingerprint density at radius 3 is 2.68 bits per heavy atom. The van der Waals surface area contributed by atoms with Crippen LogP contribution in [-0.4, -0.2) is 26.5 Å². The van der Waals surface area contributed by atoms with E-state index in [0.717, 1.165) is 0 Å². The van der Waals surface area contributed by atoms with E-state index in [1.165, 1.54) is 23.0 Å². The Balaban J connectivity index is 2.22. The van der Waals surface area contributed by atoms with Gasteiger partial charge in [-0.2, -0.15) is 0 Å². The number of aromatic carboxylic acids is 1. The van der Waals surface area contributed by atoms with Crippen LogP contribution in [0.4, 0.5) is 11.4 Å². The maximum atomic E-state index is 11.9. The second-order valence-electron chi connectivity index (χ2n) is 3.92. The summed E-state index contributed by atoms with van der Waals surface area (Å²) >= 11 is 5.84. The minimum Gasteiger partial charge on any atom is -0.477 e. The molecule has 2 aromatic rings. The number of nitrogens with two attached hydrogens (primary N) is 1. The monoisotopic (exact) mass is 282 g/mol. The van der Waals surface area contributed by atoms with Crippen LogP contribution in [-0.2, 0) is 7.05 Å². The maximum absolute atomic E-state index is 11.9. The van der Waals surface area contributed by atoms with Crippen LogP contribution in [0.3, 0.4) is 0 Å². The zero-order chi connectivity index (χ0) is 14.2. The van der Waals surface area contributed by atoms with Crippen molar-refractivity contribution in [3.8, 4) is 0 Å². The summed E-state index contributed by atoms with van der Waals surface area (Å²) in [5.41, 5.74) is 6.33. The summed E-state index contributed by atoms with van der Waals surface area (Å²) in [6.07, 6.45) is 2.90.